The Morgan fingerprint density at radius 2 is 2.06 bits per heavy atom. The number of likely N-dealkylation sites (tertiary alicyclic amines) is 1. The highest BCUT2D eigenvalue weighted by molar-refractivity contribution is 4.76. The monoisotopic (exact) mass is 254 g/mol. The summed E-state index contributed by atoms with van der Waals surface area (Å²) in [7, 11) is 0. The molecule has 1 aliphatic heterocycles. The van der Waals surface area contributed by atoms with Crippen molar-refractivity contribution < 1.29 is 0 Å². The molecule has 0 aromatic rings. The van der Waals surface area contributed by atoms with Gasteiger partial charge in [-0.3, -0.25) is 0 Å². The van der Waals surface area contributed by atoms with Crippen LogP contribution in [0, 0.1) is 0 Å². The van der Waals surface area contributed by atoms with Crippen LogP contribution in [0.3, 0.4) is 0 Å². The molecular formula is C16H34N2. The van der Waals surface area contributed by atoms with E-state index >= 15 is 0 Å². The Morgan fingerprint density at radius 1 is 1.22 bits per heavy atom. The van der Waals surface area contributed by atoms with Crippen LogP contribution < -0.4 is 5.32 Å². The maximum Gasteiger partial charge on any atom is 0.00951 e. The molecule has 0 saturated carbocycles. The molecule has 2 nitrogen and oxygen atoms in total. The van der Waals surface area contributed by atoms with E-state index in [0.717, 1.165) is 12.6 Å². The van der Waals surface area contributed by atoms with Crippen LogP contribution in [0.2, 0.25) is 0 Å². The number of hydrogen-bond acceptors (Lipinski definition) is 2. The van der Waals surface area contributed by atoms with Crippen molar-refractivity contribution in [2.45, 2.75) is 84.2 Å². The lowest BCUT2D eigenvalue weighted by Gasteiger charge is -2.35. The quantitative estimate of drug-likeness (QED) is 0.629. The summed E-state index contributed by atoms with van der Waals surface area (Å²) in [5, 5.41) is 3.50. The molecule has 2 heteroatoms. The molecule has 2 unspecified atom stereocenters. The first-order valence-electron chi connectivity index (χ1n) is 8.25. The minimum absolute atomic E-state index is 0.697. The van der Waals surface area contributed by atoms with E-state index in [2.05, 4.69) is 31.0 Å². The van der Waals surface area contributed by atoms with Gasteiger partial charge in [-0.1, -0.05) is 33.1 Å². The van der Waals surface area contributed by atoms with Crippen LogP contribution >= 0.6 is 0 Å². The molecule has 1 N–H and O–H groups in total. The van der Waals surface area contributed by atoms with Crippen molar-refractivity contribution in [1.82, 2.24) is 10.2 Å². The predicted molar refractivity (Wildman–Crippen MR) is 81.1 cm³/mol. The zero-order chi connectivity index (χ0) is 13.2. The summed E-state index contributed by atoms with van der Waals surface area (Å²) >= 11 is 0. The fourth-order valence-electron chi connectivity index (χ4n) is 3.23. The zero-order valence-electron chi connectivity index (χ0n) is 12.9. The second kappa shape index (κ2) is 9.80. The molecule has 18 heavy (non-hydrogen) atoms. The summed E-state index contributed by atoms with van der Waals surface area (Å²) in [6.45, 7) is 10.6. The lowest BCUT2D eigenvalue weighted by atomic mass is 9.97. The third kappa shape index (κ3) is 6.19. The highest BCUT2D eigenvalue weighted by atomic mass is 15.2. The van der Waals surface area contributed by atoms with Gasteiger partial charge in [0.2, 0.25) is 0 Å². The maximum atomic E-state index is 3.50. The Bertz CT molecular complexity index is 192. The van der Waals surface area contributed by atoms with E-state index < -0.39 is 0 Å². The molecule has 0 aliphatic carbocycles. The summed E-state index contributed by atoms with van der Waals surface area (Å²) in [5.74, 6) is 0. The van der Waals surface area contributed by atoms with Gasteiger partial charge in [-0.2, -0.15) is 0 Å². The van der Waals surface area contributed by atoms with Gasteiger partial charge in [0.15, 0.2) is 0 Å². The van der Waals surface area contributed by atoms with Crippen molar-refractivity contribution in [2.24, 2.45) is 0 Å². The molecule has 1 rings (SSSR count). The van der Waals surface area contributed by atoms with Crippen molar-refractivity contribution in [3.05, 3.63) is 0 Å². The average molecular weight is 254 g/mol. The topological polar surface area (TPSA) is 15.3 Å². The minimum atomic E-state index is 0.697. The highest BCUT2D eigenvalue weighted by Crippen LogP contribution is 2.21. The van der Waals surface area contributed by atoms with Crippen molar-refractivity contribution >= 4 is 0 Å². The van der Waals surface area contributed by atoms with E-state index in [-0.39, 0.29) is 0 Å². The van der Waals surface area contributed by atoms with Crippen LogP contribution in [0.1, 0.15) is 72.1 Å². The number of rotatable bonds is 9. The van der Waals surface area contributed by atoms with Gasteiger partial charge >= 0.3 is 0 Å². The van der Waals surface area contributed by atoms with Crippen molar-refractivity contribution in [2.75, 3.05) is 19.6 Å². The molecule has 1 heterocycles. The van der Waals surface area contributed by atoms with E-state index in [4.69, 9.17) is 0 Å². The molecule has 0 radical (unpaired) electrons. The van der Waals surface area contributed by atoms with Crippen LogP contribution in [0.25, 0.3) is 0 Å². The normalized spacial score (nSPS) is 23.2. The first-order valence-corrected chi connectivity index (χ1v) is 8.25. The molecule has 0 aromatic heterocycles. The van der Waals surface area contributed by atoms with Crippen LogP contribution in [0.15, 0.2) is 0 Å². The van der Waals surface area contributed by atoms with Gasteiger partial charge in [-0.05, 0) is 58.7 Å². The van der Waals surface area contributed by atoms with Gasteiger partial charge in [0.25, 0.3) is 0 Å². The SMILES string of the molecule is CCCC1CCCCN1CCCCC(C)NCC. The number of piperidine rings is 1. The first kappa shape index (κ1) is 16.0. The van der Waals surface area contributed by atoms with Gasteiger partial charge in [0.1, 0.15) is 0 Å². The summed E-state index contributed by atoms with van der Waals surface area (Å²) in [6.07, 6.45) is 11.2. The van der Waals surface area contributed by atoms with Crippen LogP contribution in [0.5, 0.6) is 0 Å². The number of nitrogens with one attached hydrogen (secondary N) is 1. The Hall–Kier alpha value is -0.0800. The third-order valence-electron chi connectivity index (χ3n) is 4.26. The van der Waals surface area contributed by atoms with Crippen molar-refractivity contribution in [3.63, 3.8) is 0 Å². The summed E-state index contributed by atoms with van der Waals surface area (Å²) < 4.78 is 0. The largest absolute Gasteiger partial charge is 0.315 e. The Balaban J connectivity index is 2.12. The molecule has 1 saturated heterocycles. The summed E-state index contributed by atoms with van der Waals surface area (Å²) in [4.78, 5) is 2.77. The van der Waals surface area contributed by atoms with Crippen LogP contribution in [-0.2, 0) is 0 Å². The summed E-state index contributed by atoms with van der Waals surface area (Å²) in [5.41, 5.74) is 0. The Morgan fingerprint density at radius 3 is 2.78 bits per heavy atom. The molecule has 0 spiro atoms. The van der Waals surface area contributed by atoms with Gasteiger partial charge in [-0.15, -0.1) is 0 Å². The summed E-state index contributed by atoms with van der Waals surface area (Å²) in [6, 6.07) is 1.60. The second-order valence-electron chi connectivity index (χ2n) is 5.93. The molecule has 0 bridgehead atoms. The van der Waals surface area contributed by atoms with E-state index in [1.165, 1.54) is 64.5 Å². The molecule has 2 atom stereocenters. The predicted octanol–water partition coefficient (Wildman–Crippen LogP) is 3.81. The lowest BCUT2D eigenvalue weighted by Crippen LogP contribution is -2.40. The zero-order valence-corrected chi connectivity index (χ0v) is 12.9. The lowest BCUT2D eigenvalue weighted by molar-refractivity contribution is 0.136. The number of nitrogens with zero attached hydrogens (tertiary/aromatic N) is 1. The highest BCUT2D eigenvalue weighted by Gasteiger charge is 2.20. The maximum absolute atomic E-state index is 3.50. The molecular weight excluding hydrogens is 220 g/mol. The van der Waals surface area contributed by atoms with Gasteiger partial charge in [0.05, 0.1) is 0 Å². The van der Waals surface area contributed by atoms with E-state index in [0.29, 0.717) is 6.04 Å². The molecule has 1 fully saturated rings. The third-order valence-corrected chi connectivity index (χ3v) is 4.26. The number of unbranched alkanes of at least 4 members (excludes halogenated alkanes) is 1. The fraction of sp³-hybridized carbons (Fsp3) is 1.00. The molecule has 108 valence electrons. The van der Waals surface area contributed by atoms with E-state index in [1.807, 2.05) is 0 Å². The standard InChI is InChI=1S/C16H34N2/c1-4-10-16-12-7-9-14-18(16)13-8-6-11-15(3)17-5-2/h15-17H,4-14H2,1-3H3. The van der Waals surface area contributed by atoms with Crippen molar-refractivity contribution in [3.8, 4) is 0 Å². The Kier molecular flexibility index (Phi) is 8.70. The minimum Gasteiger partial charge on any atom is -0.315 e. The Labute approximate surface area is 115 Å². The van der Waals surface area contributed by atoms with Gasteiger partial charge in [0, 0.05) is 12.1 Å². The number of hydrogen-bond donors (Lipinski definition) is 1. The smallest absolute Gasteiger partial charge is 0.00951 e. The second-order valence-corrected chi connectivity index (χ2v) is 5.93. The van der Waals surface area contributed by atoms with E-state index in [1.54, 1.807) is 0 Å². The fourth-order valence-corrected chi connectivity index (χ4v) is 3.23. The molecule has 0 amide bonds. The molecule has 1 aliphatic rings. The average Bonchev–Trinajstić information content (AvgIpc) is 2.37. The molecule has 0 aromatic carbocycles. The van der Waals surface area contributed by atoms with Gasteiger partial charge in [-0.25, -0.2) is 0 Å². The van der Waals surface area contributed by atoms with E-state index in [9.17, 15) is 0 Å². The van der Waals surface area contributed by atoms with Gasteiger partial charge < -0.3 is 10.2 Å². The van der Waals surface area contributed by atoms with Crippen molar-refractivity contribution in [1.29, 1.82) is 0 Å². The van der Waals surface area contributed by atoms with Crippen LogP contribution in [0.4, 0.5) is 0 Å². The first-order chi connectivity index (χ1) is 8.77. The van der Waals surface area contributed by atoms with Crippen LogP contribution in [-0.4, -0.2) is 36.6 Å².